The van der Waals surface area contributed by atoms with Gasteiger partial charge in [0.25, 0.3) is 0 Å². The Morgan fingerprint density at radius 2 is 2.41 bits per heavy atom. The van der Waals surface area contributed by atoms with Crippen LogP contribution in [0.25, 0.3) is 11.0 Å². The molecule has 0 aliphatic heterocycles. The van der Waals surface area contributed by atoms with E-state index < -0.39 is 0 Å². The molecule has 0 aliphatic rings. The van der Waals surface area contributed by atoms with Crippen molar-refractivity contribution < 1.29 is 0 Å². The number of aromatic nitrogens is 6. The topological polar surface area (TPSA) is 84.3 Å². The van der Waals surface area contributed by atoms with Gasteiger partial charge >= 0.3 is 0 Å². The van der Waals surface area contributed by atoms with Crippen LogP contribution in [-0.4, -0.2) is 30.2 Å². The molecule has 17 heavy (non-hydrogen) atoms. The zero-order valence-corrected chi connectivity index (χ0v) is 9.25. The molecular formula is C10H11N7. The fourth-order valence-corrected chi connectivity index (χ4v) is 1.66. The number of H-pyrrole nitrogens is 1. The number of aromatic amines is 1. The van der Waals surface area contributed by atoms with Gasteiger partial charge in [-0.1, -0.05) is 5.21 Å². The first kappa shape index (κ1) is 9.76. The molecule has 0 fully saturated rings. The molecule has 3 aromatic rings. The van der Waals surface area contributed by atoms with Gasteiger partial charge in [0.15, 0.2) is 0 Å². The maximum Gasteiger partial charge on any atom is 0.134 e. The SMILES string of the molecule is Cn1cc(CNc2ccnc3c[nH]nc23)nn1. The molecule has 0 aliphatic carbocycles. The highest BCUT2D eigenvalue weighted by molar-refractivity contribution is 5.86. The van der Waals surface area contributed by atoms with Crippen molar-refractivity contribution in [3.8, 4) is 0 Å². The molecule has 86 valence electrons. The van der Waals surface area contributed by atoms with Crippen LogP contribution in [0.5, 0.6) is 0 Å². The molecule has 3 aromatic heterocycles. The van der Waals surface area contributed by atoms with Crippen LogP contribution in [0.2, 0.25) is 0 Å². The first-order valence-corrected chi connectivity index (χ1v) is 5.20. The van der Waals surface area contributed by atoms with Crippen LogP contribution in [-0.2, 0) is 13.6 Å². The van der Waals surface area contributed by atoms with Gasteiger partial charge in [0.05, 0.1) is 12.2 Å². The van der Waals surface area contributed by atoms with E-state index in [2.05, 4.69) is 30.8 Å². The summed E-state index contributed by atoms with van der Waals surface area (Å²) in [5, 5.41) is 18.1. The second-order valence-corrected chi connectivity index (χ2v) is 3.71. The molecule has 2 N–H and O–H groups in total. The van der Waals surface area contributed by atoms with Crippen LogP contribution in [0.15, 0.2) is 24.7 Å². The Bertz CT molecular complexity index is 639. The smallest absolute Gasteiger partial charge is 0.134 e. The fourth-order valence-electron chi connectivity index (χ4n) is 1.66. The van der Waals surface area contributed by atoms with Crippen LogP contribution < -0.4 is 5.32 Å². The van der Waals surface area contributed by atoms with Gasteiger partial charge in [-0.3, -0.25) is 14.8 Å². The van der Waals surface area contributed by atoms with E-state index in [1.807, 2.05) is 19.3 Å². The summed E-state index contributed by atoms with van der Waals surface area (Å²) < 4.78 is 1.67. The summed E-state index contributed by atoms with van der Waals surface area (Å²) in [6.07, 6.45) is 5.38. The van der Waals surface area contributed by atoms with Crippen molar-refractivity contribution in [3.05, 3.63) is 30.4 Å². The lowest BCUT2D eigenvalue weighted by molar-refractivity contribution is 0.713. The van der Waals surface area contributed by atoms with E-state index in [0.717, 1.165) is 22.4 Å². The Morgan fingerprint density at radius 3 is 3.24 bits per heavy atom. The summed E-state index contributed by atoms with van der Waals surface area (Å²) >= 11 is 0. The molecular weight excluding hydrogens is 218 g/mol. The van der Waals surface area contributed by atoms with E-state index in [1.165, 1.54) is 0 Å². The number of nitrogens with zero attached hydrogens (tertiary/aromatic N) is 5. The van der Waals surface area contributed by atoms with Crippen LogP contribution in [0.4, 0.5) is 5.69 Å². The van der Waals surface area contributed by atoms with E-state index in [-0.39, 0.29) is 0 Å². The third kappa shape index (κ3) is 1.82. The number of anilines is 1. The van der Waals surface area contributed by atoms with E-state index in [0.29, 0.717) is 6.54 Å². The average Bonchev–Trinajstić information content (AvgIpc) is 2.94. The molecule has 0 saturated carbocycles. The van der Waals surface area contributed by atoms with E-state index in [4.69, 9.17) is 0 Å². The van der Waals surface area contributed by atoms with Crippen LogP contribution in [0.3, 0.4) is 0 Å². The van der Waals surface area contributed by atoms with Crippen molar-refractivity contribution in [2.45, 2.75) is 6.54 Å². The van der Waals surface area contributed by atoms with E-state index in [9.17, 15) is 0 Å². The van der Waals surface area contributed by atoms with Gasteiger partial charge in [-0.25, -0.2) is 0 Å². The Morgan fingerprint density at radius 1 is 1.47 bits per heavy atom. The quantitative estimate of drug-likeness (QED) is 0.690. The fraction of sp³-hybridized carbons (Fsp3) is 0.200. The average molecular weight is 229 g/mol. The minimum Gasteiger partial charge on any atom is -0.377 e. The number of rotatable bonds is 3. The van der Waals surface area contributed by atoms with Gasteiger partial charge in [0, 0.05) is 25.6 Å². The van der Waals surface area contributed by atoms with E-state index in [1.54, 1.807) is 17.1 Å². The number of nitrogens with one attached hydrogen (secondary N) is 2. The summed E-state index contributed by atoms with van der Waals surface area (Å²) in [6, 6.07) is 1.89. The summed E-state index contributed by atoms with van der Waals surface area (Å²) in [6.45, 7) is 0.611. The van der Waals surface area contributed by atoms with Crippen molar-refractivity contribution in [2.24, 2.45) is 7.05 Å². The van der Waals surface area contributed by atoms with Gasteiger partial charge < -0.3 is 5.32 Å². The van der Waals surface area contributed by atoms with Gasteiger partial charge in [-0.2, -0.15) is 5.10 Å². The third-order valence-corrected chi connectivity index (χ3v) is 2.44. The number of pyridine rings is 1. The van der Waals surface area contributed by atoms with Crippen molar-refractivity contribution >= 4 is 16.7 Å². The second kappa shape index (κ2) is 3.85. The highest BCUT2D eigenvalue weighted by Gasteiger charge is 2.04. The predicted octanol–water partition coefficient (Wildman–Crippen LogP) is 0.698. The van der Waals surface area contributed by atoms with Gasteiger partial charge in [0.1, 0.15) is 16.7 Å². The number of hydrogen-bond acceptors (Lipinski definition) is 5. The Hall–Kier alpha value is -2.44. The highest BCUT2D eigenvalue weighted by atomic mass is 15.4. The van der Waals surface area contributed by atoms with Crippen molar-refractivity contribution in [3.63, 3.8) is 0 Å². The summed E-state index contributed by atoms with van der Waals surface area (Å²) in [5.74, 6) is 0. The maximum atomic E-state index is 4.20. The van der Waals surface area contributed by atoms with E-state index >= 15 is 0 Å². The largest absolute Gasteiger partial charge is 0.377 e. The number of aryl methyl sites for hydroxylation is 1. The second-order valence-electron chi connectivity index (χ2n) is 3.71. The van der Waals surface area contributed by atoms with Crippen LogP contribution in [0, 0.1) is 0 Å². The Labute approximate surface area is 96.9 Å². The van der Waals surface area contributed by atoms with Crippen molar-refractivity contribution in [1.82, 2.24) is 30.2 Å². The zero-order chi connectivity index (χ0) is 11.7. The lowest BCUT2D eigenvalue weighted by Gasteiger charge is -2.03. The summed E-state index contributed by atoms with van der Waals surface area (Å²) in [7, 11) is 1.84. The zero-order valence-electron chi connectivity index (χ0n) is 9.25. The predicted molar refractivity (Wildman–Crippen MR) is 62.2 cm³/mol. The molecule has 3 rings (SSSR count). The maximum absolute atomic E-state index is 4.20. The Balaban J connectivity index is 1.83. The van der Waals surface area contributed by atoms with Gasteiger partial charge in [-0.05, 0) is 6.07 Å². The van der Waals surface area contributed by atoms with Crippen LogP contribution in [0.1, 0.15) is 5.69 Å². The van der Waals surface area contributed by atoms with Crippen molar-refractivity contribution in [1.29, 1.82) is 0 Å². The molecule has 0 saturated heterocycles. The molecule has 0 radical (unpaired) electrons. The molecule has 7 nitrogen and oxygen atoms in total. The minimum absolute atomic E-state index is 0.611. The standard InChI is InChI=1S/C10H11N7/c1-17-6-7(14-16-17)4-12-8-2-3-11-9-5-13-15-10(8)9/h2-3,5-6H,4H2,1H3,(H,11,12)(H,13,15). The highest BCUT2D eigenvalue weighted by Crippen LogP contribution is 2.18. The molecule has 0 bridgehead atoms. The number of hydrogen-bond donors (Lipinski definition) is 2. The first-order chi connectivity index (χ1) is 8.33. The summed E-state index contributed by atoms with van der Waals surface area (Å²) in [5.41, 5.74) is 3.49. The molecule has 0 amide bonds. The molecule has 7 heteroatoms. The van der Waals surface area contributed by atoms with Gasteiger partial charge in [-0.15, -0.1) is 5.10 Å². The Kier molecular flexibility index (Phi) is 2.21. The van der Waals surface area contributed by atoms with Crippen molar-refractivity contribution in [2.75, 3.05) is 5.32 Å². The molecule has 3 heterocycles. The molecule has 0 spiro atoms. The molecule has 0 atom stereocenters. The third-order valence-electron chi connectivity index (χ3n) is 2.44. The van der Waals surface area contributed by atoms with Crippen LogP contribution >= 0.6 is 0 Å². The molecule has 0 aromatic carbocycles. The normalized spacial score (nSPS) is 10.9. The molecule has 0 unspecified atom stereocenters. The lowest BCUT2D eigenvalue weighted by atomic mass is 10.3. The monoisotopic (exact) mass is 229 g/mol. The summed E-state index contributed by atoms with van der Waals surface area (Å²) in [4.78, 5) is 4.20. The minimum atomic E-state index is 0.611. The lowest BCUT2D eigenvalue weighted by Crippen LogP contribution is -2.00. The van der Waals surface area contributed by atoms with Gasteiger partial charge in [0.2, 0.25) is 0 Å². The number of fused-ring (bicyclic) bond motifs is 1. The first-order valence-electron chi connectivity index (χ1n) is 5.20.